The molecule has 68 valence electrons. The molecule has 0 amide bonds. The van der Waals surface area contributed by atoms with Gasteiger partial charge in [0.05, 0.1) is 6.61 Å². The van der Waals surface area contributed by atoms with Crippen LogP contribution in [0.2, 0.25) is 0 Å². The maximum atomic E-state index is 11.9. The van der Waals surface area contributed by atoms with Crippen LogP contribution in [0.5, 0.6) is 0 Å². The van der Waals surface area contributed by atoms with Crippen LogP contribution in [0.15, 0.2) is 0 Å². The monoisotopic (exact) mass is 188 g/mol. The highest BCUT2D eigenvalue weighted by molar-refractivity contribution is 7.54. The summed E-state index contributed by atoms with van der Waals surface area (Å²) < 4.78 is 20.3. The molecule has 2 atom stereocenters. The summed E-state index contributed by atoms with van der Waals surface area (Å²) in [7, 11) is 2.38. The number of nitrogens with zero attached hydrogens (tertiary/aromatic N) is 2. The predicted molar refractivity (Wildman–Crippen MR) is 47.6 cm³/mol. The van der Waals surface area contributed by atoms with Gasteiger partial charge in [-0.15, -0.1) is 6.42 Å². The molecule has 0 bridgehead atoms. The zero-order valence-corrected chi connectivity index (χ0v) is 8.41. The fourth-order valence-corrected chi connectivity index (χ4v) is 2.89. The lowest BCUT2D eigenvalue weighted by molar-refractivity contribution is 0.316. The van der Waals surface area contributed by atoms with Crippen molar-refractivity contribution in [1.29, 1.82) is 0 Å². The summed E-state index contributed by atoms with van der Waals surface area (Å²) >= 11 is 0. The zero-order valence-electron chi connectivity index (χ0n) is 7.52. The molecule has 1 heterocycles. The molecule has 12 heavy (non-hydrogen) atoms. The molecule has 0 aromatic rings. The second-order valence-electron chi connectivity index (χ2n) is 2.89. The Bertz CT molecular complexity index is 259. The molecule has 1 rings (SSSR count). The van der Waals surface area contributed by atoms with Gasteiger partial charge >= 0.3 is 7.67 Å². The third-order valence-electron chi connectivity index (χ3n) is 1.95. The number of likely N-dealkylation sites (N-methyl/N-ethyl adjacent to an activating group) is 1. The van der Waals surface area contributed by atoms with Crippen molar-refractivity contribution in [1.82, 2.24) is 9.34 Å². The summed E-state index contributed by atoms with van der Waals surface area (Å²) in [6.45, 7) is 0.350. The lowest BCUT2D eigenvalue weighted by atomic mass is 10.3. The molecule has 0 saturated carbocycles. The Labute approximate surface area is 73.0 Å². The minimum atomic E-state index is -2.78. The number of hydrogen-bond donors (Lipinski definition) is 0. The van der Waals surface area contributed by atoms with E-state index in [0.717, 1.165) is 0 Å². The third kappa shape index (κ3) is 1.30. The van der Waals surface area contributed by atoms with Crippen LogP contribution in [0.3, 0.4) is 0 Å². The van der Waals surface area contributed by atoms with E-state index in [2.05, 4.69) is 5.92 Å². The van der Waals surface area contributed by atoms with Crippen molar-refractivity contribution < 1.29 is 9.09 Å². The van der Waals surface area contributed by atoms with Crippen LogP contribution in [0.4, 0.5) is 0 Å². The molecular formula is C7H13N2O2P. The van der Waals surface area contributed by atoms with Gasteiger partial charge in [-0.3, -0.25) is 4.57 Å². The van der Waals surface area contributed by atoms with Crippen LogP contribution in [-0.2, 0) is 9.09 Å². The van der Waals surface area contributed by atoms with Crippen LogP contribution in [0.25, 0.3) is 0 Å². The molecule has 0 aliphatic carbocycles. The maximum Gasteiger partial charge on any atom is 0.346 e. The third-order valence-corrected chi connectivity index (χ3v) is 4.52. The average Bonchev–Trinajstić information content (AvgIpc) is 2.31. The summed E-state index contributed by atoms with van der Waals surface area (Å²) in [5, 5.41) is 0. The van der Waals surface area contributed by atoms with Gasteiger partial charge < -0.3 is 4.52 Å². The smallest absolute Gasteiger partial charge is 0.303 e. The van der Waals surface area contributed by atoms with E-state index in [-0.39, 0.29) is 6.04 Å². The van der Waals surface area contributed by atoms with Gasteiger partial charge in [-0.25, -0.2) is 9.34 Å². The largest absolute Gasteiger partial charge is 0.346 e. The van der Waals surface area contributed by atoms with Gasteiger partial charge in [-0.2, -0.15) is 0 Å². The van der Waals surface area contributed by atoms with Crippen LogP contribution in [0, 0.1) is 12.3 Å². The van der Waals surface area contributed by atoms with Crippen LogP contribution < -0.4 is 0 Å². The first-order chi connectivity index (χ1) is 5.52. The average molecular weight is 188 g/mol. The quantitative estimate of drug-likeness (QED) is 0.446. The minimum absolute atomic E-state index is 0.168. The molecule has 0 aromatic heterocycles. The summed E-state index contributed by atoms with van der Waals surface area (Å²) in [5.74, 6) is 2.53. The molecule has 0 aromatic carbocycles. The summed E-state index contributed by atoms with van der Waals surface area (Å²) in [5.41, 5.74) is 0. The van der Waals surface area contributed by atoms with Gasteiger partial charge in [-0.05, 0) is 21.1 Å². The van der Waals surface area contributed by atoms with E-state index < -0.39 is 7.67 Å². The highest BCUT2D eigenvalue weighted by atomic mass is 31.2. The molecular weight excluding hydrogens is 175 g/mol. The second kappa shape index (κ2) is 3.20. The van der Waals surface area contributed by atoms with Crippen molar-refractivity contribution in [3.05, 3.63) is 0 Å². The molecule has 1 aliphatic rings. The van der Waals surface area contributed by atoms with E-state index in [1.165, 1.54) is 0 Å². The Morgan fingerprint density at radius 2 is 2.33 bits per heavy atom. The maximum absolute atomic E-state index is 11.9. The lowest BCUT2D eigenvalue weighted by Gasteiger charge is -2.25. The van der Waals surface area contributed by atoms with Crippen molar-refractivity contribution in [3.63, 3.8) is 0 Å². The first-order valence-electron chi connectivity index (χ1n) is 3.64. The summed E-state index contributed by atoms with van der Waals surface area (Å²) in [6.07, 6.45) is 5.23. The van der Waals surface area contributed by atoms with Gasteiger partial charge in [-0.1, -0.05) is 5.92 Å². The summed E-state index contributed by atoms with van der Waals surface area (Å²) in [4.78, 5) is 0. The van der Waals surface area contributed by atoms with Crippen molar-refractivity contribution in [2.24, 2.45) is 0 Å². The van der Waals surface area contributed by atoms with Crippen LogP contribution in [-0.4, -0.2) is 43.1 Å². The molecule has 2 unspecified atom stereocenters. The SMILES string of the molecule is C#CC1COP(=O)(N(C)C)N1C. The standard InChI is InChI=1S/C7H13N2O2P/c1-5-7-6-11-12(10,8(2)3)9(7)4/h1,7H,6H2,2-4H3. The Morgan fingerprint density at radius 1 is 1.75 bits per heavy atom. The molecule has 5 heteroatoms. The van der Waals surface area contributed by atoms with Crippen molar-refractivity contribution >= 4 is 7.67 Å². The van der Waals surface area contributed by atoms with Gasteiger partial charge in [0.15, 0.2) is 0 Å². The van der Waals surface area contributed by atoms with E-state index in [4.69, 9.17) is 10.9 Å². The first kappa shape index (κ1) is 9.76. The van der Waals surface area contributed by atoms with Crippen LogP contribution in [0.1, 0.15) is 0 Å². The normalized spacial score (nSPS) is 37.1. The molecule has 0 N–H and O–H groups in total. The first-order valence-corrected chi connectivity index (χ1v) is 5.17. The Morgan fingerprint density at radius 3 is 2.58 bits per heavy atom. The topological polar surface area (TPSA) is 32.8 Å². The van der Waals surface area contributed by atoms with Gasteiger partial charge in [0.25, 0.3) is 0 Å². The lowest BCUT2D eigenvalue weighted by Crippen LogP contribution is -2.26. The van der Waals surface area contributed by atoms with Crippen molar-refractivity contribution in [3.8, 4) is 12.3 Å². The fraction of sp³-hybridized carbons (Fsp3) is 0.714. The Hall–Kier alpha value is -0.330. The van der Waals surface area contributed by atoms with Gasteiger partial charge in [0.2, 0.25) is 0 Å². The van der Waals surface area contributed by atoms with Crippen LogP contribution >= 0.6 is 7.67 Å². The van der Waals surface area contributed by atoms with E-state index in [1.807, 2.05) is 0 Å². The van der Waals surface area contributed by atoms with E-state index in [9.17, 15) is 4.57 Å². The van der Waals surface area contributed by atoms with Gasteiger partial charge in [0.1, 0.15) is 6.04 Å². The zero-order chi connectivity index (χ0) is 9.35. The Balaban J connectivity index is 2.87. The fourth-order valence-electron chi connectivity index (χ4n) is 1.10. The van der Waals surface area contributed by atoms with Crippen molar-refractivity contribution in [2.45, 2.75) is 6.04 Å². The Kier molecular flexibility index (Phi) is 2.60. The van der Waals surface area contributed by atoms with E-state index in [0.29, 0.717) is 6.61 Å². The molecule has 1 fully saturated rings. The number of terminal acetylenes is 1. The van der Waals surface area contributed by atoms with E-state index >= 15 is 0 Å². The second-order valence-corrected chi connectivity index (χ2v) is 5.56. The van der Waals surface area contributed by atoms with Gasteiger partial charge in [0, 0.05) is 0 Å². The molecule has 1 aliphatic heterocycles. The highest BCUT2D eigenvalue weighted by Crippen LogP contribution is 2.56. The number of rotatable bonds is 1. The highest BCUT2D eigenvalue weighted by Gasteiger charge is 2.42. The molecule has 0 radical (unpaired) electrons. The minimum Gasteiger partial charge on any atom is -0.303 e. The predicted octanol–water partition coefficient (Wildman–Crippen LogP) is 0.620. The molecule has 0 spiro atoms. The van der Waals surface area contributed by atoms with Crippen molar-refractivity contribution in [2.75, 3.05) is 27.7 Å². The molecule has 1 saturated heterocycles. The number of hydrogen-bond acceptors (Lipinski definition) is 2. The summed E-state index contributed by atoms with van der Waals surface area (Å²) in [6, 6.07) is -0.168. The van der Waals surface area contributed by atoms with E-state index in [1.54, 1.807) is 30.5 Å². The molecule has 4 nitrogen and oxygen atoms in total.